The van der Waals surface area contributed by atoms with E-state index in [-0.39, 0.29) is 34.6 Å². The summed E-state index contributed by atoms with van der Waals surface area (Å²) in [6, 6.07) is 3.12. The Morgan fingerprint density at radius 3 is 2.56 bits per heavy atom. The van der Waals surface area contributed by atoms with E-state index in [4.69, 9.17) is 0 Å². The van der Waals surface area contributed by atoms with E-state index in [9.17, 15) is 8.76 Å². The molecular weight excluding hydrogens is 149 g/mol. The zero-order valence-electron chi connectivity index (χ0n) is 4.96. The Bertz CT molecular complexity index is 186. The van der Waals surface area contributed by atoms with E-state index in [0.717, 1.165) is 0 Å². The van der Waals surface area contributed by atoms with E-state index in [0.29, 0.717) is 0 Å². The molecule has 0 spiro atoms. The standard InChI is InChI=1S/C4H5NO2S.Na/c6-8(7)4-2-1-3-5-4;/h1-3,5H,(H,6,7);/q;+1/p-1. The summed E-state index contributed by atoms with van der Waals surface area (Å²) in [5.41, 5.74) is 0. The van der Waals surface area contributed by atoms with Crippen molar-refractivity contribution >= 4 is 11.1 Å². The molecule has 1 atom stereocenters. The third-order valence-electron chi connectivity index (χ3n) is 0.749. The molecule has 3 nitrogen and oxygen atoms in total. The Labute approximate surface area is 77.4 Å². The minimum atomic E-state index is -2.10. The van der Waals surface area contributed by atoms with Crippen LogP contribution in [0.2, 0.25) is 0 Å². The SMILES string of the molecule is O=S([O-])c1ccc[nH]1.[Na+]. The van der Waals surface area contributed by atoms with Crippen LogP contribution in [0, 0.1) is 0 Å². The number of rotatable bonds is 1. The van der Waals surface area contributed by atoms with Gasteiger partial charge in [-0.05, 0) is 23.2 Å². The van der Waals surface area contributed by atoms with Crippen LogP contribution < -0.4 is 29.6 Å². The number of aromatic amines is 1. The average Bonchev–Trinajstić information content (AvgIpc) is 2.12. The van der Waals surface area contributed by atoms with Gasteiger partial charge in [0.15, 0.2) is 0 Å². The van der Waals surface area contributed by atoms with Gasteiger partial charge in [-0.1, -0.05) is 0 Å². The van der Waals surface area contributed by atoms with Crippen LogP contribution >= 0.6 is 0 Å². The van der Waals surface area contributed by atoms with Crippen LogP contribution in [0.25, 0.3) is 0 Å². The van der Waals surface area contributed by atoms with Gasteiger partial charge >= 0.3 is 29.6 Å². The maximum absolute atomic E-state index is 10.0. The molecule has 0 saturated carbocycles. The van der Waals surface area contributed by atoms with E-state index in [1.54, 1.807) is 12.3 Å². The minimum Gasteiger partial charge on any atom is -0.767 e. The quantitative estimate of drug-likeness (QED) is 0.351. The van der Waals surface area contributed by atoms with Crippen LogP contribution in [0.5, 0.6) is 0 Å². The van der Waals surface area contributed by atoms with Crippen molar-refractivity contribution in [3.63, 3.8) is 0 Å². The molecule has 0 saturated heterocycles. The van der Waals surface area contributed by atoms with Crippen molar-refractivity contribution < 1.29 is 38.3 Å². The van der Waals surface area contributed by atoms with Crippen molar-refractivity contribution in [2.45, 2.75) is 5.03 Å². The molecule has 0 aliphatic rings. The molecule has 1 rings (SSSR count). The molecule has 5 heteroatoms. The number of hydrogen-bond donors (Lipinski definition) is 1. The van der Waals surface area contributed by atoms with Crippen molar-refractivity contribution in [1.82, 2.24) is 4.98 Å². The Hall–Kier alpha value is 0.390. The molecule has 44 valence electrons. The summed E-state index contributed by atoms with van der Waals surface area (Å²) < 4.78 is 20.1. The first-order valence-corrected chi connectivity index (χ1v) is 3.11. The summed E-state index contributed by atoms with van der Waals surface area (Å²) in [4.78, 5) is 2.52. The Balaban J connectivity index is 0.000000640. The summed E-state index contributed by atoms with van der Waals surface area (Å²) in [5.74, 6) is 0. The molecule has 0 bridgehead atoms. The van der Waals surface area contributed by atoms with Gasteiger partial charge in [0.1, 0.15) is 0 Å². The first kappa shape index (κ1) is 9.39. The first-order chi connectivity index (χ1) is 3.80. The Kier molecular flexibility index (Phi) is 4.43. The Morgan fingerprint density at radius 1 is 1.67 bits per heavy atom. The smallest absolute Gasteiger partial charge is 0.767 e. The number of aromatic nitrogens is 1. The van der Waals surface area contributed by atoms with E-state index in [1.807, 2.05) is 0 Å². The van der Waals surface area contributed by atoms with Crippen LogP contribution in [0.4, 0.5) is 0 Å². The van der Waals surface area contributed by atoms with Gasteiger partial charge in [0.2, 0.25) is 0 Å². The van der Waals surface area contributed by atoms with Crippen LogP contribution in [0.3, 0.4) is 0 Å². The minimum absolute atomic E-state index is 0. The molecule has 0 aliphatic carbocycles. The second-order valence-corrected chi connectivity index (χ2v) is 2.18. The summed E-state index contributed by atoms with van der Waals surface area (Å²) in [5, 5.41) is 0.227. The fourth-order valence-corrected chi connectivity index (χ4v) is 0.771. The normalized spacial score (nSPS) is 12.1. The fraction of sp³-hybridized carbons (Fsp3) is 0. The van der Waals surface area contributed by atoms with Crippen LogP contribution in [-0.2, 0) is 11.1 Å². The molecule has 0 fully saturated rings. The topological polar surface area (TPSA) is 55.9 Å². The molecule has 1 heterocycles. The molecule has 0 amide bonds. The monoisotopic (exact) mass is 153 g/mol. The molecule has 1 unspecified atom stereocenters. The molecule has 1 aromatic rings. The van der Waals surface area contributed by atoms with Gasteiger partial charge in [-0.2, -0.15) is 0 Å². The number of hydrogen-bond acceptors (Lipinski definition) is 2. The van der Waals surface area contributed by atoms with Gasteiger partial charge in [0.05, 0.1) is 5.03 Å². The van der Waals surface area contributed by atoms with Gasteiger partial charge in [-0.15, -0.1) is 0 Å². The third kappa shape index (κ3) is 2.64. The van der Waals surface area contributed by atoms with Gasteiger partial charge < -0.3 is 9.54 Å². The van der Waals surface area contributed by atoms with Gasteiger partial charge in [0.25, 0.3) is 0 Å². The van der Waals surface area contributed by atoms with Crippen LogP contribution in [-0.4, -0.2) is 13.7 Å². The van der Waals surface area contributed by atoms with Crippen molar-refractivity contribution in [1.29, 1.82) is 0 Å². The van der Waals surface area contributed by atoms with E-state index in [1.165, 1.54) is 6.07 Å². The molecule has 1 N–H and O–H groups in total. The van der Waals surface area contributed by atoms with E-state index >= 15 is 0 Å². The molecule has 0 aliphatic heterocycles. The third-order valence-corrected chi connectivity index (χ3v) is 1.36. The summed E-state index contributed by atoms with van der Waals surface area (Å²) >= 11 is -2.10. The predicted octanol–water partition coefficient (Wildman–Crippen LogP) is -2.74. The van der Waals surface area contributed by atoms with E-state index in [2.05, 4.69) is 4.98 Å². The zero-order chi connectivity index (χ0) is 5.98. The van der Waals surface area contributed by atoms with Gasteiger partial charge in [-0.3, -0.25) is 4.21 Å². The molecule has 1 aromatic heterocycles. The second kappa shape index (κ2) is 4.24. The molecule has 9 heavy (non-hydrogen) atoms. The summed E-state index contributed by atoms with van der Waals surface area (Å²) in [6.45, 7) is 0. The van der Waals surface area contributed by atoms with Crippen molar-refractivity contribution in [3.8, 4) is 0 Å². The maximum atomic E-state index is 10.0. The largest absolute Gasteiger partial charge is 1.00 e. The fourth-order valence-electron chi connectivity index (χ4n) is 0.418. The molecular formula is C4H4NNaO2S. The first-order valence-electron chi connectivity index (χ1n) is 2.03. The molecule has 0 radical (unpaired) electrons. The summed E-state index contributed by atoms with van der Waals surface area (Å²) in [6.07, 6.45) is 1.56. The van der Waals surface area contributed by atoms with Crippen molar-refractivity contribution in [2.24, 2.45) is 0 Å². The predicted molar refractivity (Wildman–Crippen MR) is 28.0 cm³/mol. The van der Waals surface area contributed by atoms with Crippen molar-refractivity contribution in [3.05, 3.63) is 18.3 Å². The number of H-pyrrole nitrogens is 1. The van der Waals surface area contributed by atoms with Crippen LogP contribution in [0.15, 0.2) is 23.4 Å². The second-order valence-electron chi connectivity index (χ2n) is 1.27. The Morgan fingerprint density at radius 2 is 2.33 bits per heavy atom. The number of nitrogens with one attached hydrogen (secondary N) is 1. The van der Waals surface area contributed by atoms with Gasteiger partial charge in [-0.25, -0.2) is 0 Å². The average molecular weight is 153 g/mol. The van der Waals surface area contributed by atoms with Crippen molar-refractivity contribution in [2.75, 3.05) is 0 Å². The maximum Gasteiger partial charge on any atom is 1.00 e. The summed E-state index contributed by atoms with van der Waals surface area (Å²) in [7, 11) is 0. The van der Waals surface area contributed by atoms with Crippen LogP contribution in [0.1, 0.15) is 0 Å². The molecule has 0 aromatic carbocycles. The zero-order valence-corrected chi connectivity index (χ0v) is 7.77. The van der Waals surface area contributed by atoms with Gasteiger partial charge in [0, 0.05) is 6.20 Å². The van der Waals surface area contributed by atoms with E-state index < -0.39 is 11.1 Å².